The largest absolute Gasteiger partial charge is 0.309 e. The molecule has 4 heteroatoms. The predicted molar refractivity (Wildman–Crippen MR) is 64.2 cm³/mol. The van der Waals surface area contributed by atoms with Crippen LogP contribution in [-0.4, -0.2) is 26.8 Å². The second-order valence-corrected chi connectivity index (χ2v) is 4.93. The molecule has 1 aromatic heterocycles. The predicted octanol–water partition coefficient (Wildman–Crippen LogP) is 1.62. The molecule has 0 amide bonds. The standard InChI is InChI=1S/C12H22N4/c1-4-9(2)10(3)15-11-5-6-12-13-8-14-16(12)7-11/h8-11,15H,4-7H2,1-3H3. The summed E-state index contributed by atoms with van der Waals surface area (Å²) in [7, 11) is 0. The molecule has 3 atom stereocenters. The first kappa shape index (κ1) is 11.6. The summed E-state index contributed by atoms with van der Waals surface area (Å²) in [4.78, 5) is 4.25. The van der Waals surface area contributed by atoms with Gasteiger partial charge >= 0.3 is 0 Å². The fraction of sp³-hybridized carbons (Fsp3) is 0.833. The third-order valence-electron chi connectivity index (χ3n) is 3.80. The maximum Gasteiger partial charge on any atom is 0.138 e. The van der Waals surface area contributed by atoms with Crippen LogP contribution in [0.5, 0.6) is 0 Å². The van der Waals surface area contributed by atoms with E-state index in [1.807, 2.05) is 4.68 Å². The summed E-state index contributed by atoms with van der Waals surface area (Å²) in [5.74, 6) is 1.87. The molecule has 0 aromatic carbocycles. The second-order valence-electron chi connectivity index (χ2n) is 4.93. The molecule has 2 heterocycles. The summed E-state index contributed by atoms with van der Waals surface area (Å²) in [6, 6.07) is 1.14. The first-order valence-corrected chi connectivity index (χ1v) is 6.33. The van der Waals surface area contributed by atoms with Crippen LogP contribution in [0.15, 0.2) is 6.33 Å². The van der Waals surface area contributed by atoms with Gasteiger partial charge in [-0.2, -0.15) is 5.10 Å². The fourth-order valence-electron chi connectivity index (χ4n) is 2.26. The Morgan fingerprint density at radius 3 is 3.12 bits per heavy atom. The van der Waals surface area contributed by atoms with E-state index in [2.05, 4.69) is 36.2 Å². The van der Waals surface area contributed by atoms with Gasteiger partial charge in [-0.05, 0) is 19.3 Å². The Balaban J connectivity index is 1.89. The lowest BCUT2D eigenvalue weighted by Crippen LogP contribution is -2.44. The van der Waals surface area contributed by atoms with Crippen LogP contribution >= 0.6 is 0 Å². The number of rotatable bonds is 4. The van der Waals surface area contributed by atoms with Gasteiger partial charge in [-0.3, -0.25) is 0 Å². The number of aryl methyl sites for hydroxylation is 1. The Morgan fingerprint density at radius 1 is 1.56 bits per heavy atom. The molecule has 1 aromatic rings. The topological polar surface area (TPSA) is 42.7 Å². The molecule has 0 bridgehead atoms. The molecule has 1 N–H and O–H groups in total. The van der Waals surface area contributed by atoms with Crippen molar-refractivity contribution >= 4 is 0 Å². The minimum Gasteiger partial charge on any atom is -0.309 e. The maximum atomic E-state index is 4.25. The summed E-state index contributed by atoms with van der Waals surface area (Å²) in [6.45, 7) is 7.81. The number of aromatic nitrogens is 3. The van der Waals surface area contributed by atoms with Crippen LogP contribution in [-0.2, 0) is 13.0 Å². The summed E-state index contributed by atoms with van der Waals surface area (Å²) in [6.07, 6.45) is 5.12. The van der Waals surface area contributed by atoms with E-state index in [0.717, 1.165) is 24.7 Å². The summed E-state index contributed by atoms with van der Waals surface area (Å²) >= 11 is 0. The van der Waals surface area contributed by atoms with Gasteiger partial charge < -0.3 is 5.32 Å². The van der Waals surface area contributed by atoms with Crippen molar-refractivity contribution in [1.82, 2.24) is 20.1 Å². The molecule has 1 aliphatic heterocycles. The Morgan fingerprint density at radius 2 is 2.38 bits per heavy atom. The van der Waals surface area contributed by atoms with Crippen molar-refractivity contribution in [2.24, 2.45) is 5.92 Å². The number of fused-ring (bicyclic) bond motifs is 1. The van der Waals surface area contributed by atoms with E-state index in [1.165, 1.54) is 12.8 Å². The van der Waals surface area contributed by atoms with E-state index in [-0.39, 0.29) is 0 Å². The SMILES string of the molecule is CCC(C)C(C)NC1CCc2ncnn2C1. The van der Waals surface area contributed by atoms with Gasteiger partial charge in [-0.25, -0.2) is 9.67 Å². The van der Waals surface area contributed by atoms with Gasteiger partial charge in [0.2, 0.25) is 0 Å². The van der Waals surface area contributed by atoms with Crippen LogP contribution in [0.3, 0.4) is 0 Å². The molecule has 0 saturated carbocycles. The lowest BCUT2D eigenvalue weighted by atomic mass is 9.98. The highest BCUT2D eigenvalue weighted by atomic mass is 15.3. The van der Waals surface area contributed by atoms with Gasteiger partial charge in [0.05, 0.1) is 6.54 Å². The van der Waals surface area contributed by atoms with E-state index in [4.69, 9.17) is 0 Å². The van der Waals surface area contributed by atoms with Crippen molar-refractivity contribution in [3.05, 3.63) is 12.2 Å². The first-order chi connectivity index (χ1) is 7.70. The van der Waals surface area contributed by atoms with Crippen LogP contribution in [0.25, 0.3) is 0 Å². The lowest BCUT2D eigenvalue weighted by molar-refractivity contribution is 0.290. The van der Waals surface area contributed by atoms with Crippen molar-refractivity contribution < 1.29 is 0 Å². The van der Waals surface area contributed by atoms with Crippen molar-refractivity contribution in [3.63, 3.8) is 0 Å². The molecule has 90 valence electrons. The van der Waals surface area contributed by atoms with Crippen molar-refractivity contribution in [2.75, 3.05) is 0 Å². The summed E-state index contributed by atoms with van der Waals surface area (Å²) in [5, 5.41) is 7.96. The average molecular weight is 222 g/mol. The van der Waals surface area contributed by atoms with E-state index >= 15 is 0 Å². The zero-order valence-corrected chi connectivity index (χ0v) is 10.5. The molecule has 0 saturated heterocycles. The highest BCUT2D eigenvalue weighted by molar-refractivity contribution is 4.92. The zero-order valence-electron chi connectivity index (χ0n) is 10.5. The highest BCUT2D eigenvalue weighted by Gasteiger charge is 2.22. The minimum absolute atomic E-state index is 0.554. The van der Waals surface area contributed by atoms with Crippen molar-refractivity contribution in [1.29, 1.82) is 0 Å². The molecule has 2 rings (SSSR count). The van der Waals surface area contributed by atoms with Gasteiger partial charge in [0.15, 0.2) is 0 Å². The van der Waals surface area contributed by atoms with Gasteiger partial charge in [-0.15, -0.1) is 0 Å². The van der Waals surface area contributed by atoms with Gasteiger partial charge in [0.25, 0.3) is 0 Å². The summed E-state index contributed by atoms with van der Waals surface area (Å²) < 4.78 is 2.03. The number of nitrogens with one attached hydrogen (secondary N) is 1. The van der Waals surface area contributed by atoms with Crippen LogP contribution in [0, 0.1) is 5.92 Å². The van der Waals surface area contributed by atoms with Gasteiger partial charge in [-0.1, -0.05) is 20.3 Å². The molecule has 16 heavy (non-hydrogen) atoms. The van der Waals surface area contributed by atoms with E-state index in [9.17, 15) is 0 Å². The van der Waals surface area contributed by atoms with Crippen LogP contribution in [0.1, 0.15) is 39.4 Å². The Bertz CT molecular complexity index is 334. The zero-order chi connectivity index (χ0) is 11.5. The number of nitrogens with zero attached hydrogens (tertiary/aromatic N) is 3. The third-order valence-corrected chi connectivity index (χ3v) is 3.80. The molecular formula is C12H22N4. The van der Waals surface area contributed by atoms with Crippen molar-refractivity contribution in [2.45, 2.75) is 58.7 Å². The molecule has 3 unspecified atom stereocenters. The molecule has 1 aliphatic rings. The van der Waals surface area contributed by atoms with Gasteiger partial charge in [0.1, 0.15) is 12.2 Å². The monoisotopic (exact) mass is 222 g/mol. The molecular weight excluding hydrogens is 200 g/mol. The van der Waals surface area contributed by atoms with Crippen LogP contribution < -0.4 is 5.32 Å². The Kier molecular flexibility index (Phi) is 3.59. The lowest BCUT2D eigenvalue weighted by Gasteiger charge is -2.29. The fourth-order valence-corrected chi connectivity index (χ4v) is 2.26. The van der Waals surface area contributed by atoms with E-state index in [1.54, 1.807) is 6.33 Å². The Hall–Kier alpha value is -0.900. The highest BCUT2D eigenvalue weighted by Crippen LogP contribution is 2.14. The van der Waals surface area contributed by atoms with Gasteiger partial charge in [0, 0.05) is 18.5 Å². The van der Waals surface area contributed by atoms with E-state index < -0.39 is 0 Å². The Labute approximate surface area is 97.5 Å². The van der Waals surface area contributed by atoms with Crippen molar-refractivity contribution in [3.8, 4) is 0 Å². The maximum absolute atomic E-state index is 4.25. The molecule has 0 radical (unpaired) electrons. The normalized spacial score (nSPS) is 23.8. The smallest absolute Gasteiger partial charge is 0.138 e. The molecule has 0 spiro atoms. The van der Waals surface area contributed by atoms with Crippen LogP contribution in [0.2, 0.25) is 0 Å². The average Bonchev–Trinajstić information content (AvgIpc) is 2.75. The molecule has 4 nitrogen and oxygen atoms in total. The molecule has 0 aliphatic carbocycles. The number of hydrogen-bond donors (Lipinski definition) is 1. The molecule has 0 fully saturated rings. The number of hydrogen-bond acceptors (Lipinski definition) is 3. The van der Waals surface area contributed by atoms with Crippen LogP contribution in [0.4, 0.5) is 0 Å². The second kappa shape index (κ2) is 4.95. The third kappa shape index (κ3) is 2.43. The first-order valence-electron chi connectivity index (χ1n) is 6.33. The summed E-state index contributed by atoms with van der Waals surface area (Å²) in [5.41, 5.74) is 0. The van der Waals surface area contributed by atoms with E-state index in [0.29, 0.717) is 12.1 Å². The quantitative estimate of drug-likeness (QED) is 0.841. The minimum atomic E-state index is 0.554.